The van der Waals surface area contributed by atoms with Crippen LogP contribution < -0.4 is 0 Å². The van der Waals surface area contributed by atoms with Gasteiger partial charge in [-0.25, -0.2) is 9.18 Å². The highest BCUT2D eigenvalue weighted by Crippen LogP contribution is 2.27. The summed E-state index contributed by atoms with van der Waals surface area (Å²) >= 11 is 3.13. The van der Waals surface area contributed by atoms with E-state index in [2.05, 4.69) is 20.7 Å². The van der Waals surface area contributed by atoms with Crippen LogP contribution in [0, 0.1) is 0 Å². The molecular weight excluding hydrogens is 234 g/mol. The SMILES string of the molecule is O=C1OC(CCCBr)C(F)=C1F. The lowest BCUT2D eigenvalue weighted by atomic mass is 10.2. The summed E-state index contributed by atoms with van der Waals surface area (Å²) in [7, 11) is 0. The maximum atomic E-state index is 12.7. The maximum Gasteiger partial charge on any atom is 0.370 e. The van der Waals surface area contributed by atoms with Crippen molar-refractivity contribution in [2.45, 2.75) is 18.9 Å². The number of hydrogen-bond acceptors (Lipinski definition) is 2. The monoisotopic (exact) mass is 240 g/mol. The van der Waals surface area contributed by atoms with E-state index in [0.29, 0.717) is 18.2 Å². The highest BCUT2D eigenvalue weighted by Gasteiger charge is 2.34. The van der Waals surface area contributed by atoms with Gasteiger partial charge < -0.3 is 4.74 Å². The Labute approximate surface area is 76.7 Å². The molecule has 1 heterocycles. The van der Waals surface area contributed by atoms with E-state index in [-0.39, 0.29) is 0 Å². The molecular formula is C7H7BrF2O2. The lowest BCUT2D eigenvalue weighted by Gasteiger charge is -2.06. The highest BCUT2D eigenvalue weighted by atomic mass is 79.9. The average Bonchev–Trinajstić information content (AvgIpc) is 2.30. The molecule has 1 atom stereocenters. The molecule has 1 aliphatic heterocycles. The minimum atomic E-state index is -1.38. The topological polar surface area (TPSA) is 26.3 Å². The van der Waals surface area contributed by atoms with Crippen molar-refractivity contribution in [3.63, 3.8) is 0 Å². The fraction of sp³-hybridized carbons (Fsp3) is 0.571. The van der Waals surface area contributed by atoms with Crippen molar-refractivity contribution < 1.29 is 18.3 Å². The van der Waals surface area contributed by atoms with Gasteiger partial charge in [0, 0.05) is 5.33 Å². The zero-order chi connectivity index (χ0) is 9.14. The van der Waals surface area contributed by atoms with Crippen molar-refractivity contribution in [3.05, 3.63) is 11.7 Å². The van der Waals surface area contributed by atoms with Crippen LogP contribution in [0.2, 0.25) is 0 Å². The van der Waals surface area contributed by atoms with Gasteiger partial charge in [-0.15, -0.1) is 0 Å². The van der Waals surface area contributed by atoms with E-state index >= 15 is 0 Å². The van der Waals surface area contributed by atoms with Crippen molar-refractivity contribution in [2.24, 2.45) is 0 Å². The zero-order valence-corrected chi connectivity index (χ0v) is 7.74. The van der Waals surface area contributed by atoms with Gasteiger partial charge in [0.1, 0.15) is 0 Å². The van der Waals surface area contributed by atoms with Gasteiger partial charge >= 0.3 is 5.97 Å². The molecule has 0 aromatic carbocycles. The fourth-order valence-corrected chi connectivity index (χ4v) is 1.24. The summed E-state index contributed by atoms with van der Waals surface area (Å²) in [4.78, 5) is 10.5. The van der Waals surface area contributed by atoms with Crippen LogP contribution >= 0.6 is 15.9 Å². The summed E-state index contributed by atoms with van der Waals surface area (Å²) < 4.78 is 29.5. The number of cyclic esters (lactones) is 1. The van der Waals surface area contributed by atoms with E-state index < -0.39 is 23.7 Å². The van der Waals surface area contributed by atoms with Crippen LogP contribution in [0.25, 0.3) is 0 Å². The highest BCUT2D eigenvalue weighted by molar-refractivity contribution is 9.09. The summed E-state index contributed by atoms with van der Waals surface area (Å²) in [6.45, 7) is 0. The van der Waals surface area contributed by atoms with Gasteiger partial charge in [-0.2, -0.15) is 4.39 Å². The van der Waals surface area contributed by atoms with Gasteiger partial charge in [0.15, 0.2) is 11.9 Å². The summed E-state index contributed by atoms with van der Waals surface area (Å²) in [5.41, 5.74) is 0. The molecule has 1 aliphatic rings. The number of esters is 1. The predicted molar refractivity (Wildman–Crippen MR) is 42.2 cm³/mol. The standard InChI is InChI=1S/C7H7BrF2O2/c8-3-1-2-4-5(9)6(10)7(11)12-4/h4H,1-3H2. The number of ether oxygens (including phenoxy) is 1. The van der Waals surface area contributed by atoms with Crippen molar-refractivity contribution in [1.82, 2.24) is 0 Å². The van der Waals surface area contributed by atoms with E-state index in [1.165, 1.54) is 0 Å². The third-order valence-electron chi connectivity index (χ3n) is 1.52. The van der Waals surface area contributed by atoms with Gasteiger partial charge in [-0.1, -0.05) is 15.9 Å². The number of rotatable bonds is 3. The predicted octanol–water partition coefficient (Wildman–Crippen LogP) is 2.24. The summed E-state index contributed by atoms with van der Waals surface area (Å²) in [5.74, 6) is -3.64. The summed E-state index contributed by atoms with van der Waals surface area (Å²) in [6, 6.07) is 0. The molecule has 12 heavy (non-hydrogen) atoms. The Balaban J connectivity index is 2.55. The second-order valence-corrected chi connectivity index (χ2v) is 3.18. The van der Waals surface area contributed by atoms with Crippen LogP contribution in [0.1, 0.15) is 12.8 Å². The number of alkyl halides is 1. The molecule has 0 fully saturated rings. The van der Waals surface area contributed by atoms with Gasteiger partial charge in [-0.05, 0) is 12.8 Å². The minimum Gasteiger partial charge on any atom is -0.450 e. The van der Waals surface area contributed by atoms with Crippen molar-refractivity contribution in [1.29, 1.82) is 0 Å². The van der Waals surface area contributed by atoms with Crippen LogP contribution in [0.5, 0.6) is 0 Å². The quantitative estimate of drug-likeness (QED) is 0.559. The van der Waals surface area contributed by atoms with E-state index in [4.69, 9.17) is 0 Å². The Kier molecular flexibility index (Phi) is 3.20. The Hall–Kier alpha value is -0.450. The van der Waals surface area contributed by atoms with Crippen molar-refractivity contribution in [3.8, 4) is 0 Å². The lowest BCUT2D eigenvalue weighted by molar-refractivity contribution is -0.141. The first-order valence-electron chi connectivity index (χ1n) is 3.49. The lowest BCUT2D eigenvalue weighted by Crippen LogP contribution is -2.09. The molecule has 0 N–H and O–H groups in total. The first-order valence-corrected chi connectivity index (χ1v) is 4.61. The Morgan fingerprint density at radius 2 is 2.17 bits per heavy atom. The average molecular weight is 241 g/mol. The van der Waals surface area contributed by atoms with Crippen molar-refractivity contribution >= 4 is 21.9 Å². The molecule has 5 heteroatoms. The second-order valence-electron chi connectivity index (χ2n) is 2.39. The molecule has 0 saturated heterocycles. The van der Waals surface area contributed by atoms with E-state index in [1.54, 1.807) is 0 Å². The Bertz CT molecular complexity index is 227. The molecule has 0 saturated carbocycles. The van der Waals surface area contributed by atoms with E-state index in [0.717, 1.165) is 0 Å². The third-order valence-corrected chi connectivity index (χ3v) is 2.08. The molecule has 0 spiro atoms. The minimum absolute atomic E-state index is 0.316. The first-order chi connectivity index (χ1) is 5.66. The molecule has 68 valence electrons. The molecule has 0 radical (unpaired) electrons. The smallest absolute Gasteiger partial charge is 0.370 e. The molecule has 1 rings (SSSR count). The molecule has 0 amide bonds. The van der Waals surface area contributed by atoms with E-state index in [1.807, 2.05) is 0 Å². The van der Waals surface area contributed by atoms with Gasteiger partial charge in [-0.3, -0.25) is 0 Å². The first kappa shape index (κ1) is 9.64. The fourth-order valence-electron chi connectivity index (χ4n) is 0.920. The number of carbonyl (C=O) groups is 1. The Morgan fingerprint density at radius 3 is 2.58 bits per heavy atom. The molecule has 1 unspecified atom stereocenters. The largest absolute Gasteiger partial charge is 0.450 e. The van der Waals surface area contributed by atoms with Crippen molar-refractivity contribution in [2.75, 3.05) is 5.33 Å². The normalized spacial score (nSPS) is 23.2. The number of carbonyl (C=O) groups excluding carboxylic acids is 1. The van der Waals surface area contributed by atoms with Gasteiger partial charge in [0.2, 0.25) is 5.83 Å². The molecule has 2 nitrogen and oxygen atoms in total. The van der Waals surface area contributed by atoms with Gasteiger partial charge in [0.05, 0.1) is 0 Å². The zero-order valence-electron chi connectivity index (χ0n) is 6.15. The van der Waals surface area contributed by atoms with Crippen LogP contribution in [0.4, 0.5) is 8.78 Å². The number of halogens is 3. The van der Waals surface area contributed by atoms with E-state index in [9.17, 15) is 13.6 Å². The summed E-state index contributed by atoms with van der Waals surface area (Å²) in [5, 5.41) is 0.677. The Morgan fingerprint density at radius 1 is 1.50 bits per heavy atom. The van der Waals surface area contributed by atoms with Crippen LogP contribution in [0.3, 0.4) is 0 Å². The molecule has 0 aromatic rings. The van der Waals surface area contributed by atoms with Crippen LogP contribution in [-0.4, -0.2) is 17.4 Å². The maximum absolute atomic E-state index is 12.7. The molecule has 0 aliphatic carbocycles. The van der Waals surface area contributed by atoms with Gasteiger partial charge in [0.25, 0.3) is 0 Å². The second kappa shape index (κ2) is 3.98. The molecule has 0 bridgehead atoms. The molecule has 0 aromatic heterocycles. The number of hydrogen-bond donors (Lipinski definition) is 0. The third kappa shape index (κ3) is 1.83. The van der Waals surface area contributed by atoms with Crippen LogP contribution in [0.15, 0.2) is 11.7 Å². The summed E-state index contributed by atoms with van der Waals surface area (Å²) in [6.07, 6.45) is -0.0513. The van der Waals surface area contributed by atoms with Crippen LogP contribution in [-0.2, 0) is 9.53 Å².